The Bertz CT molecular complexity index is 571. The van der Waals surface area contributed by atoms with E-state index in [1.165, 1.54) is 0 Å². The fraction of sp³-hybridized carbons (Fsp3) is 0.533. The predicted octanol–water partition coefficient (Wildman–Crippen LogP) is 2.14. The van der Waals surface area contributed by atoms with E-state index < -0.39 is 5.60 Å². The van der Waals surface area contributed by atoms with Crippen LogP contribution < -0.4 is 0 Å². The van der Waals surface area contributed by atoms with Crippen LogP contribution in [0.5, 0.6) is 0 Å². The maximum Gasteiger partial charge on any atom is 0.112 e. The highest BCUT2D eigenvalue weighted by molar-refractivity contribution is 5.75. The number of hydrogen-bond acceptors (Lipinski definition) is 3. The lowest BCUT2D eigenvalue weighted by Crippen LogP contribution is -2.33. The normalized spacial score (nSPS) is 23.3. The molecule has 0 aliphatic carbocycles. The topological polar surface area (TPSA) is 47.3 Å². The van der Waals surface area contributed by atoms with E-state index in [-0.39, 0.29) is 0 Å². The SMILES string of the molecule is CCCn1c(CC2(O)CCOC2)nc2ccccc21. The summed E-state index contributed by atoms with van der Waals surface area (Å²) in [6.07, 6.45) is 2.33. The molecule has 4 heteroatoms. The lowest BCUT2D eigenvalue weighted by Gasteiger charge is -2.20. The summed E-state index contributed by atoms with van der Waals surface area (Å²) in [5, 5.41) is 10.5. The van der Waals surface area contributed by atoms with Crippen LogP contribution in [0, 0.1) is 0 Å². The van der Waals surface area contributed by atoms with E-state index in [0.29, 0.717) is 26.1 Å². The lowest BCUT2D eigenvalue weighted by atomic mass is 9.99. The van der Waals surface area contributed by atoms with E-state index in [1.54, 1.807) is 0 Å². The fourth-order valence-electron chi connectivity index (χ4n) is 2.76. The van der Waals surface area contributed by atoms with Gasteiger partial charge >= 0.3 is 0 Å². The Morgan fingerprint density at radius 3 is 3.00 bits per heavy atom. The zero-order valence-corrected chi connectivity index (χ0v) is 11.3. The molecule has 2 aromatic rings. The number of fused-ring (bicyclic) bond motifs is 1. The largest absolute Gasteiger partial charge is 0.387 e. The van der Waals surface area contributed by atoms with Crippen LogP contribution in [-0.2, 0) is 17.7 Å². The van der Waals surface area contributed by atoms with Gasteiger partial charge in [0.25, 0.3) is 0 Å². The number of aliphatic hydroxyl groups is 1. The molecule has 0 radical (unpaired) electrons. The number of aromatic nitrogens is 2. The lowest BCUT2D eigenvalue weighted by molar-refractivity contribution is 0.0248. The van der Waals surface area contributed by atoms with Crippen molar-refractivity contribution in [1.29, 1.82) is 0 Å². The van der Waals surface area contributed by atoms with Crippen LogP contribution in [0.15, 0.2) is 24.3 Å². The van der Waals surface area contributed by atoms with Crippen molar-refractivity contribution >= 4 is 11.0 Å². The quantitative estimate of drug-likeness (QED) is 0.916. The summed E-state index contributed by atoms with van der Waals surface area (Å²) in [5.74, 6) is 0.969. The number of aryl methyl sites for hydroxylation is 1. The summed E-state index contributed by atoms with van der Waals surface area (Å²) in [6.45, 7) is 4.16. The Kier molecular flexibility index (Phi) is 3.29. The first-order chi connectivity index (χ1) is 9.22. The first-order valence-electron chi connectivity index (χ1n) is 6.96. The molecule has 0 saturated carbocycles. The number of hydrogen-bond donors (Lipinski definition) is 1. The van der Waals surface area contributed by atoms with Gasteiger partial charge < -0.3 is 14.4 Å². The molecule has 1 aliphatic rings. The Morgan fingerprint density at radius 1 is 1.42 bits per heavy atom. The summed E-state index contributed by atoms with van der Waals surface area (Å²) in [7, 11) is 0. The number of para-hydroxylation sites is 2. The van der Waals surface area contributed by atoms with Gasteiger partial charge in [0, 0.05) is 26.0 Å². The smallest absolute Gasteiger partial charge is 0.112 e. The maximum atomic E-state index is 10.5. The molecule has 1 atom stereocenters. The number of nitrogens with zero attached hydrogens (tertiary/aromatic N) is 2. The molecule has 19 heavy (non-hydrogen) atoms. The van der Waals surface area contributed by atoms with Gasteiger partial charge in [-0.3, -0.25) is 0 Å². The van der Waals surface area contributed by atoms with Gasteiger partial charge in [-0.15, -0.1) is 0 Å². The average Bonchev–Trinajstić information content (AvgIpc) is 2.96. The molecule has 1 aliphatic heterocycles. The zero-order valence-electron chi connectivity index (χ0n) is 11.3. The average molecular weight is 260 g/mol. The van der Waals surface area contributed by atoms with Gasteiger partial charge in [-0.05, 0) is 18.6 Å². The molecule has 1 unspecified atom stereocenters. The van der Waals surface area contributed by atoms with Gasteiger partial charge in [0.05, 0.1) is 23.2 Å². The van der Waals surface area contributed by atoms with Crippen molar-refractivity contribution in [2.75, 3.05) is 13.2 Å². The molecule has 0 spiro atoms. The summed E-state index contributed by atoms with van der Waals surface area (Å²) in [6, 6.07) is 8.16. The van der Waals surface area contributed by atoms with Crippen molar-refractivity contribution in [2.45, 2.75) is 38.3 Å². The van der Waals surface area contributed by atoms with Crippen LogP contribution >= 0.6 is 0 Å². The van der Waals surface area contributed by atoms with Crippen LogP contribution in [0.3, 0.4) is 0 Å². The third-order valence-corrected chi connectivity index (χ3v) is 3.75. The second kappa shape index (κ2) is 4.94. The summed E-state index contributed by atoms with van der Waals surface area (Å²) >= 11 is 0. The second-order valence-corrected chi connectivity index (χ2v) is 5.37. The van der Waals surface area contributed by atoms with Gasteiger partial charge in [-0.1, -0.05) is 19.1 Å². The number of benzene rings is 1. The van der Waals surface area contributed by atoms with Crippen LogP contribution in [0.4, 0.5) is 0 Å². The first kappa shape index (κ1) is 12.6. The third-order valence-electron chi connectivity index (χ3n) is 3.75. The molecule has 3 rings (SSSR count). The molecule has 102 valence electrons. The molecule has 0 amide bonds. The molecule has 2 heterocycles. The van der Waals surface area contributed by atoms with E-state index in [0.717, 1.165) is 29.8 Å². The molecule has 0 bridgehead atoms. The highest BCUT2D eigenvalue weighted by atomic mass is 16.5. The molecule has 4 nitrogen and oxygen atoms in total. The first-order valence-corrected chi connectivity index (χ1v) is 6.96. The molecule has 1 saturated heterocycles. The minimum absolute atomic E-state index is 0.419. The van der Waals surface area contributed by atoms with Crippen molar-refractivity contribution in [3.8, 4) is 0 Å². The van der Waals surface area contributed by atoms with Crippen LogP contribution in [-0.4, -0.2) is 33.5 Å². The van der Waals surface area contributed by atoms with Crippen molar-refractivity contribution in [3.05, 3.63) is 30.1 Å². The summed E-state index contributed by atoms with van der Waals surface area (Å²) in [5.41, 5.74) is 1.42. The van der Waals surface area contributed by atoms with Crippen molar-refractivity contribution in [2.24, 2.45) is 0 Å². The number of rotatable bonds is 4. The third kappa shape index (κ3) is 2.38. The van der Waals surface area contributed by atoms with Gasteiger partial charge in [0.15, 0.2) is 0 Å². The standard InChI is InChI=1S/C15H20N2O2/c1-2-8-17-13-6-4-3-5-12(13)16-14(17)10-15(18)7-9-19-11-15/h3-6,18H,2,7-11H2,1H3. The fourth-order valence-corrected chi connectivity index (χ4v) is 2.76. The number of ether oxygens (including phenoxy) is 1. The number of imidazole rings is 1. The van der Waals surface area contributed by atoms with Crippen LogP contribution in [0.1, 0.15) is 25.6 Å². The van der Waals surface area contributed by atoms with Gasteiger partial charge in [-0.25, -0.2) is 4.98 Å². The molecular formula is C15H20N2O2. The van der Waals surface area contributed by atoms with Gasteiger partial charge in [0.2, 0.25) is 0 Å². The molecule has 1 N–H and O–H groups in total. The molecule has 1 aromatic heterocycles. The summed E-state index contributed by atoms with van der Waals surface area (Å²) in [4.78, 5) is 4.69. The summed E-state index contributed by atoms with van der Waals surface area (Å²) < 4.78 is 7.55. The van der Waals surface area contributed by atoms with Crippen molar-refractivity contribution < 1.29 is 9.84 Å². The van der Waals surface area contributed by atoms with Crippen LogP contribution in [0.25, 0.3) is 11.0 Å². The maximum absolute atomic E-state index is 10.5. The Hall–Kier alpha value is -1.39. The van der Waals surface area contributed by atoms with Gasteiger partial charge in [-0.2, -0.15) is 0 Å². The monoisotopic (exact) mass is 260 g/mol. The van der Waals surface area contributed by atoms with Gasteiger partial charge in [0.1, 0.15) is 5.82 Å². The van der Waals surface area contributed by atoms with E-state index in [9.17, 15) is 5.11 Å². The highest BCUT2D eigenvalue weighted by Crippen LogP contribution is 2.25. The second-order valence-electron chi connectivity index (χ2n) is 5.37. The molecule has 1 aromatic carbocycles. The van der Waals surface area contributed by atoms with E-state index in [1.807, 2.05) is 18.2 Å². The van der Waals surface area contributed by atoms with E-state index >= 15 is 0 Å². The Balaban J connectivity index is 1.99. The minimum Gasteiger partial charge on any atom is -0.387 e. The van der Waals surface area contributed by atoms with E-state index in [4.69, 9.17) is 4.74 Å². The predicted molar refractivity (Wildman–Crippen MR) is 74.1 cm³/mol. The van der Waals surface area contributed by atoms with Crippen molar-refractivity contribution in [3.63, 3.8) is 0 Å². The minimum atomic E-state index is -0.743. The Labute approximate surface area is 113 Å². The zero-order chi connectivity index (χ0) is 13.3. The van der Waals surface area contributed by atoms with Crippen molar-refractivity contribution in [1.82, 2.24) is 9.55 Å². The highest BCUT2D eigenvalue weighted by Gasteiger charge is 2.34. The Morgan fingerprint density at radius 2 is 2.26 bits per heavy atom. The molecular weight excluding hydrogens is 240 g/mol. The van der Waals surface area contributed by atoms with E-state index in [2.05, 4.69) is 22.5 Å². The van der Waals surface area contributed by atoms with Crippen LogP contribution in [0.2, 0.25) is 0 Å². The molecule has 1 fully saturated rings.